The van der Waals surface area contributed by atoms with E-state index in [4.69, 9.17) is 0 Å². The maximum Gasteiger partial charge on any atom is 0.360 e. The van der Waals surface area contributed by atoms with Gasteiger partial charge in [-0.05, 0) is 23.5 Å². The summed E-state index contributed by atoms with van der Waals surface area (Å²) in [5, 5.41) is 13.4. The summed E-state index contributed by atoms with van der Waals surface area (Å²) in [7, 11) is 1.29. The van der Waals surface area contributed by atoms with Crippen molar-refractivity contribution in [2.24, 2.45) is 5.92 Å². The van der Waals surface area contributed by atoms with Crippen LogP contribution >= 0.6 is 0 Å². The standard InChI is InChI=1S/C17H19N5O3/c1-25-16(23)13-9-22(21-20-13)7-6-18-17(24)19-15-12-8-10-4-2-3-5-11(10)14(12)15/h2-5,9,12,14-15H,6-8H2,1H3,(H2,18,19,24)/t12-,14-,15+/m0/s1. The molecule has 2 aliphatic rings. The number of esters is 1. The number of carbonyl (C=O) groups excluding carboxylic acids is 2. The fraction of sp³-hybridized carbons (Fsp3) is 0.412. The quantitative estimate of drug-likeness (QED) is 0.780. The van der Waals surface area contributed by atoms with Gasteiger partial charge in [-0.15, -0.1) is 5.10 Å². The second-order valence-corrected chi connectivity index (χ2v) is 6.38. The molecule has 1 aromatic heterocycles. The Labute approximate surface area is 144 Å². The third-order valence-corrected chi connectivity index (χ3v) is 4.90. The van der Waals surface area contributed by atoms with Crippen LogP contribution in [0.4, 0.5) is 4.79 Å². The van der Waals surface area contributed by atoms with E-state index < -0.39 is 5.97 Å². The average Bonchev–Trinajstić information content (AvgIpc) is 3.00. The van der Waals surface area contributed by atoms with E-state index >= 15 is 0 Å². The highest BCUT2D eigenvalue weighted by Gasteiger charge is 2.56. The first-order chi connectivity index (χ1) is 12.2. The lowest BCUT2D eigenvalue weighted by molar-refractivity contribution is 0.0594. The molecule has 0 unspecified atom stereocenters. The highest BCUT2D eigenvalue weighted by molar-refractivity contribution is 5.86. The van der Waals surface area contributed by atoms with Crippen LogP contribution in [0.1, 0.15) is 27.5 Å². The van der Waals surface area contributed by atoms with E-state index in [0.29, 0.717) is 24.9 Å². The molecule has 25 heavy (non-hydrogen) atoms. The molecule has 8 heteroatoms. The van der Waals surface area contributed by atoms with Crippen LogP contribution in [0.15, 0.2) is 30.5 Å². The summed E-state index contributed by atoms with van der Waals surface area (Å²) in [5.74, 6) is 0.457. The summed E-state index contributed by atoms with van der Waals surface area (Å²) in [5.41, 5.74) is 2.93. The maximum atomic E-state index is 12.0. The van der Waals surface area contributed by atoms with Gasteiger partial charge in [0.2, 0.25) is 0 Å². The van der Waals surface area contributed by atoms with Gasteiger partial charge in [-0.2, -0.15) is 0 Å². The third kappa shape index (κ3) is 2.95. The molecule has 0 saturated heterocycles. The van der Waals surface area contributed by atoms with Gasteiger partial charge in [0.25, 0.3) is 0 Å². The number of nitrogens with zero attached hydrogens (tertiary/aromatic N) is 3. The molecule has 2 aromatic rings. The predicted molar refractivity (Wildman–Crippen MR) is 88.1 cm³/mol. The molecular weight excluding hydrogens is 322 g/mol. The van der Waals surface area contributed by atoms with Gasteiger partial charge in [0.1, 0.15) is 0 Å². The lowest BCUT2D eigenvalue weighted by Gasteiger charge is -2.10. The predicted octanol–water partition coefficient (Wildman–Crippen LogP) is 0.702. The van der Waals surface area contributed by atoms with Crippen LogP contribution in [0.5, 0.6) is 0 Å². The monoisotopic (exact) mass is 341 g/mol. The smallest absolute Gasteiger partial charge is 0.360 e. The number of fused-ring (bicyclic) bond motifs is 3. The molecule has 130 valence electrons. The van der Waals surface area contributed by atoms with Crippen molar-refractivity contribution in [3.63, 3.8) is 0 Å². The first-order valence-corrected chi connectivity index (χ1v) is 8.28. The second kappa shape index (κ2) is 6.19. The zero-order valence-electron chi connectivity index (χ0n) is 13.8. The Balaban J connectivity index is 1.22. The van der Waals surface area contributed by atoms with Gasteiger partial charge in [0, 0.05) is 18.5 Å². The Morgan fingerprint density at radius 3 is 3.04 bits per heavy atom. The molecule has 0 spiro atoms. The van der Waals surface area contributed by atoms with Crippen LogP contribution in [0.2, 0.25) is 0 Å². The highest BCUT2D eigenvalue weighted by atomic mass is 16.5. The molecule has 2 aliphatic carbocycles. The minimum Gasteiger partial charge on any atom is -0.464 e. The number of methoxy groups -OCH3 is 1. The highest BCUT2D eigenvalue weighted by Crippen LogP contribution is 2.56. The van der Waals surface area contributed by atoms with Crippen LogP contribution in [0.25, 0.3) is 0 Å². The van der Waals surface area contributed by atoms with E-state index in [1.165, 1.54) is 29.1 Å². The van der Waals surface area contributed by atoms with Crippen LogP contribution in [0, 0.1) is 5.92 Å². The molecule has 4 rings (SSSR count). The first kappa shape index (κ1) is 15.6. The van der Waals surface area contributed by atoms with E-state index in [2.05, 4.69) is 49.9 Å². The molecule has 1 heterocycles. The number of benzene rings is 1. The minimum atomic E-state index is -0.530. The number of urea groups is 1. The van der Waals surface area contributed by atoms with Crippen molar-refractivity contribution in [1.29, 1.82) is 0 Å². The Hall–Kier alpha value is -2.90. The number of ether oxygens (including phenoxy) is 1. The van der Waals surface area contributed by atoms with Gasteiger partial charge < -0.3 is 15.4 Å². The zero-order valence-corrected chi connectivity index (χ0v) is 13.8. The van der Waals surface area contributed by atoms with Crippen molar-refractivity contribution in [1.82, 2.24) is 25.6 Å². The number of hydrogen-bond donors (Lipinski definition) is 2. The maximum absolute atomic E-state index is 12.0. The van der Waals surface area contributed by atoms with Gasteiger partial charge in [-0.1, -0.05) is 29.5 Å². The molecule has 0 radical (unpaired) electrons. The molecule has 1 saturated carbocycles. The minimum absolute atomic E-state index is 0.149. The SMILES string of the molecule is COC(=O)c1cn(CCNC(=O)N[C@@H]2[C@H]3Cc4ccccc4[C@@H]32)nn1. The van der Waals surface area contributed by atoms with E-state index in [9.17, 15) is 9.59 Å². The summed E-state index contributed by atoms with van der Waals surface area (Å²) < 4.78 is 6.06. The van der Waals surface area contributed by atoms with Crippen molar-refractivity contribution in [2.45, 2.75) is 24.9 Å². The van der Waals surface area contributed by atoms with Crippen molar-refractivity contribution in [3.05, 3.63) is 47.3 Å². The fourth-order valence-corrected chi connectivity index (χ4v) is 3.64. The molecule has 8 nitrogen and oxygen atoms in total. The van der Waals surface area contributed by atoms with Gasteiger partial charge in [0.15, 0.2) is 5.69 Å². The number of amides is 2. The molecule has 3 atom stereocenters. The van der Waals surface area contributed by atoms with Crippen molar-refractivity contribution in [3.8, 4) is 0 Å². The fourth-order valence-electron chi connectivity index (χ4n) is 3.64. The summed E-state index contributed by atoms with van der Waals surface area (Å²) >= 11 is 0. The Bertz CT molecular complexity index is 818. The van der Waals surface area contributed by atoms with Gasteiger partial charge >= 0.3 is 12.0 Å². The van der Waals surface area contributed by atoms with E-state index in [-0.39, 0.29) is 17.8 Å². The third-order valence-electron chi connectivity index (χ3n) is 4.90. The summed E-state index contributed by atoms with van der Waals surface area (Å²) in [4.78, 5) is 23.3. The van der Waals surface area contributed by atoms with Crippen LogP contribution < -0.4 is 10.6 Å². The number of hydrogen-bond acceptors (Lipinski definition) is 5. The van der Waals surface area contributed by atoms with E-state index in [1.54, 1.807) is 0 Å². The Morgan fingerprint density at radius 1 is 1.36 bits per heavy atom. The lowest BCUT2D eigenvalue weighted by atomic mass is 10.1. The van der Waals surface area contributed by atoms with Crippen LogP contribution in [-0.2, 0) is 17.7 Å². The molecule has 2 amide bonds. The molecule has 1 fully saturated rings. The lowest BCUT2D eigenvalue weighted by Crippen LogP contribution is -2.39. The summed E-state index contributed by atoms with van der Waals surface area (Å²) in [6.45, 7) is 0.826. The van der Waals surface area contributed by atoms with Crippen molar-refractivity contribution >= 4 is 12.0 Å². The van der Waals surface area contributed by atoms with Crippen molar-refractivity contribution in [2.75, 3.05) is 13.7 Å². The Morgan fingerprint density at radius 2 is 2.20 bits per heavy atom. The normalized spacial score (nSPS) is 22.7. The largest absolute Gasteiger partial charge is 0.464 e. The number of carbonyl (C=O) groups is 2. The average molecular weight is 341 g/mol. The number of aromatic nitrogens is 3. The summed E-state index contributed by atoms with van der Waals surface area (Å²) in [6, 6.07) is 8.49. The molecule has 0 aliphatic heterocycles. The van der Waals surface area contributed by atoms with Crippen LogP contribution in [-0.4, -0.2) is 46.7 Å². The van der Waals surface area contributed by atoms with Gasteiger partial charge in [-0.25, -0.2) is 14.3 Å². The number of nitrogens with one attached hydrogen (secondary N) is 2. The molecule has 2 N–H and O–H groups in total. The second-order valence-electron chi connectivity index (χ2n) is 6.38. The summed E-state index contributed by atoms with van der Waals surface area (Å²) in [6.07, 6.45) is 2.54. The first-order valence-electron chi connectivity index (χ1n) is 8.28. The van der Waals surface area contributed by atoms with Gasteiger partial charge in [0.05, 0.1) is 19.9 Å². The molecule has 1 aromatic carbocycles. The number of rotatable bonds is 5. The topological polar surface area (TPSA) is 98.1 Å². The Kier molecular flexibility index (Phi) is 3.87. The van der Waals surface area contributed by atoms with E-state index in [0.717, 1.165) is 6.42 Å². The van der Waals surface area contributed by atoms with Gasteiger partial charge in [-0.3, -0.25) is 0 Å². The molecule has 0 bridgehead atoms. The van der Waals surface area contributed by atoms with Crippen molar-refractivity contribution < 1.29 is 14.3 Å². The van der Waals surface area contributed by atoms with Crippen LogP contribution in [0.3, 0.4) is 0 Å². The molecular formula is C17H19N5O3. The zero-order chi connectivity index (χ0) is 17.4. The van der Waals surface area contributed by atoms with E-state index in [1.807, 2.05) is 0 Å².